The molecule has 1 aromatic rings. The highest BCUT2D eigenvalue weighted by molar-refractivity contribution is 5.83. The zero-order valence-electron chi connectivity index (χ0n) is 12.4. The molecular formula is C14H22N2O4. The third kappa shape index (κ3) is 4.08. The molecule has 6 nitrogen and oxygen atoms in total. The zero-order valence-corrected chi connectivity index (χ0v) is 12.4. The molecule has 1 rings (SSSR count). The van der Waals surface area contributed by atoms with Crippen LogP contribution in [0.2, 0.25) is 0 Å². The first-order valence-electron chi connectivity index (χ1n) is 6.80. The van der Waals surface area contributed by atoms with E-state index in [-0.39, 0.29) is 18.2 Å². The summed E-state index contributed by atoms with van der Waals surface area (Å²) in [7, 11) is 0. The molecule has 0 aromatic carbocycles. The number of aryl methyl sites for hydroxylation is 2. The van der Waals surface area contributed by atoms with Crippen molar-refractivity contribution < 1.29 is 19.2 Å². The first-order valence-corrected chi connectivity index (χ1v) is 6.80. The number of rotatable bonds is 7. The topological polar surface area (TPSA) is 92.4 Å². The summed E-state index contributed by atoms with van der Waals surface area (Å²) in [5.74, 6) is -0.662. The zero-order chi connectivity index (χ0) is 15.3. The molecule has 0 bridgehead atoms. The van der Waals surface area contributed by atoms with E-state index in [4.69, 9.17) is 9.63 Å². The van der Waals surface area contributed by atoms with Gasteiger partial charge in [-0.1, -0.05) is 25.4 Å². The van der Waals surface area contributed by atoms with E-state index in [0.29, 0.717) is 18.6 Å². The second-order valence-corrected chi connectivity index (χ2v) is 5.07. The highest BCUT2D eigenvalue weighted by Gasteiger charge is 2.25. The fourth-order valence-corrected chi connectivity index (χ4v) is 2.03. The summed E-state index contributed by atoms with van der Waals surface area (Å²) in [6.45, 7) is 7.33. The number of nitrogens with zero attached hydrogens (tertiary/aromatic N) is 1. The van der Waals surface area contributed by atoms with Gasteiger partial charge in [-0.05, 0) is 26.2 Å². The van der Waals surface area contributed by atoms with Gasteiger partial charge in [0.25, 0.3) is 0 Å². The number of amides is 1. The Bertz CT molecular complexity index is 462. The van der Waals surface area contributed by atoms with Crippen LogP contribution in [-0.4, -0.2) is 28.2 Å². The smallest absolute Gasteiger partial charge is 0.326 e. The standard InChI is InChI=1S/C14H22N2O4/c1-5-8(2)13(14(18)19)15-12(17)7-6-11-9(3)16-20-10(11)4/h8,13H,5-7H2,1-4H3,(H,15,17)(H,18,19). The predicted octanol–water partition coefficient (Wildman–Crippen LogP) is 1.84. The Balaban J connectivity index is 2.57. The quantitative estimate of drug-likeness (QED) is 0.796. The molecular weight excluding hydrogens is 260 g/mol. The van der Waals surface area contributed by atoms with Crippen molar-refractivity contribution in [3.8, 4) is 0 Å². The van der Waals surface area contributed by atoms with Gasteiger partial charge in [0.2, 0.25) is 5.91 Å². The SMILES string of the molecule is CCC(C)C(NC(=O)CCc1c(C)noc1C)C(=O)O. The van der Waals surface area contributed by atoms with Gasteiger partial charge in [0.1, 0.15) is 11.8 Å². The molecule has 0 aliphatic rings. The van der Waals surface area contributed by atoms with Crippen molar-refractivity contribution >= 4 is 11.9 Å². The molecule has 2 unspecified atom stereocenters. The van der Waals surface area contributed by atoms with Crippen molar-refractivity contribution in [2.45, 2.75) is 53.0 Å². The maximum Gasteiger partial charge on any atom is 0.326 e. The molecule has 0 spiro atoms. The fraction of sp³-hybridized carbons (Fsp3) is 0.643. The minimum atomic E-state index is -0.995. The molecule has 0 saturated heterocycles. The predicted molar refractivity (Wildman–Crippen MR) is 73.3 cm³/mol. The van der Waals surface area contributed by atoms with Crippen molar-refractivity contribution in [2.75, 3.05) is 0 Å². The van der Waals surface area contributed by atoms with Crippen LogP contribution in [0.15, 0.2) is 4.52 Å². The van der Waals surface area contributed by atoms with Crippen LogP contribution in [0.3, 0.4) is 0 Å². The molecule has 2 atom stereocenters. The van der Waals surface area contributed by atoms with Gasteiger partial charge in [0.15, 0.2) is 0 Å². The average molecular weight is 282 g/mol. The van der Waals surface area contributed by atoms with Crippen LogP contribution in [0.4, 0.5) is 0 Å². The summed E-state index contributed by atoms with van der Waals surface area (Å²) >= 11 is 0. The normalized spacial score (nSPS) is 13.8. The Morgan fingerprint density at radius 3 is 2.50 bits per heavy atom. The van der Waals surface area contributed by atoms with Gasteiger partial charge in [-0.2, -0.15) is 0 Å². The van der Waals surface area contributed by atoms with Gasteiger partial charge in [0.05, 0.1) is 5.69 Å². The summed E-state index contributed by atoms with van der Waals surface area (Å²) < 4.78 is 5.03. The lowest BCUT2D eigenvalue weighted by Gasteiger charge is -2.20. The van der Waals surface area contributed by atoms with Crippen LogP contribution in [0.1, 0.15) is 43.7 Å². The molecule has 0 fully saturated rings. The van der Waals surface area contributed by atoms with E-state index < -0.39 is 12.0 Å². The van der Waals surface area contributed by atoms with Crippen molar-refractivity contribution in [3.05, 3.63) is 17.0 Å². The van der Waals surface area contributed by atoms with Crippen LogP contribution in [0.25, 0.3) is 0 Å². The summed E-state index contributed by atoms with van der Waals surface area (Å²) in [5, 5.41) is 15.5. The van der Waals surface area contributed by atoms with Crippen molar-refractivity contribution in [3.63, 3.8) is 0 Å². The third-order valence-corrected chi connectivity index (χ3v) is 3.58. The molecule has 0 aliphatic carbocycles. The second kappa shape index (κ2) is 7.07. The highest BCUT2D eigenvalue weighted by atomic mass is 16.5. The maximum atomic E-state index is 11.9. The minimum Gasteiger partial charge on any atom is -0.480 e. The molecule has 0 aliphatic heterocycles. The van der Waals surface area contributed by atoms with E-state index in [0.717, 1.165) is 11.3 Å². The van der Waals surface area contributed by atoms with Gasteiger partial charge >= 0.3 is 5.97 Å². The van der Waals surface area contributed by atoms with E-state index in [9.17, 15) is 9.59 Å². The van der Waals surface area contributed by atoms with Gasteiger partial charge in [-0.3, -0.25) is 4.79 Å². The Morgan fingerprint density at radius 1 is 1.40 bits per heavy atom. The molecule has 112 valence electrons. The highest BCUT2D eigenvalue weighted by Crippen LogP contribution is 2.14. The number of nitrogens with one attached hydrogen (secondary N) is 1. The van der Waals surface area contributed by atoms with Crippen molar-refractivity contribution in [1.82, 2.24) is 10.5 Å². The average Bonchev–Trinajstić information content (AvgIpc) is 2.72. The molecule has 1 amide bonds. The largest absolute Gasteiger partial charge is 0.480 e. The van der Waals surface area contributed by atoms with Crippen LogP contribution < -0.4 is 5.32 Å². The lowest BCUT2D eigenvalue weighted by molar-refractivity contribution is -0.143. The number of carboxylic acids is 1. The lowest BCUT2D eigenvalue weighted by Crippen LogP contribution is -2.45. The lowest BCUT2D eigenvalue weighted by atomic mass is 9.99. The first-order chi connectivity index (χ1) is 9.36. The molecule has 0 saturated carbocycles. The van der Waals surface area contributed by atoms with Gasteiger partial charge in [-0.15, -0.1) is 0 Å². The number of carbonyl (C=O) groups excluding carboxylic acids is 1. The summed E-state index contributed by atoms with van der Waals surface area (Å²) in [5.41, 5.74) is 1.68. The van der Waals surface area contributed by atoms with Crippen LogP contribution in [0, 0.1) is 19.8 Å². The van der Waals surface area contributed by atoms with Gasteiger partial charge < -0.3 is 14.9 Å². The van der Waals surface area contributed by atoms with Crippen LogP contribution in [-0.2, 0) is 16.0 Å². The molecule has 20 heavy (non-hydrogen) atoms. The Morgan fingerprint density at radius 2 is 2.05 bits per heavy atom. The molecule has 1 heterocycles. The molecule has 1 aromatic heterocycles. The Labute approximate surface area is 118 Å². The summed E-state index contributed by atoms with van der Waals surface area (Å²) in [6.07, 6.45) is 1.42. The summed E-state index contributed by atoms with van der Waals surface area (Å²) in [6, 6.07) is -0.836. The minimum absolute atomic E-state index is 0.101. The number of carbonyl (C=O) groups is 2. The third-order valence-electron chi connectivity index (χ3n) is 3.58. The number of hydrogen-bond donors (Lipinski definition) is 2. The second-order valence-electron chi connectivity index (χ2n) is 5.07. The van der Waals surface area contributed by atoms with E-state index >= 15 is 0 Å². The Hall–Kier alpha value is -1.85. The molecule has 2 N–H and O–H groups in total. The molecule has 6 heteroatoms. The summed E-state index contributed by atoms with van der Waals surface area (Å²) in [4.78, 5) is 23.0. The van der Waals surface area contributed by atoms with Crippen molar-refractivity contribution in [1.29, 1.82) is 0 Å². The van der Waals surface area contributed by atoms with Crippen LogP contribution in [0.5, 0.6) is 0 Å². The Kier molecular flexibility index (Phi) is 5.73. The first kappa shape index (κ1) is 16.2. The van der Waals surface area contributed by atoms with Crippen molar-refractivity contribution in [2.24, 2.45) is 5.92 Å². The van der Waals surface area contributed by atoms with Gasteiger partial charge in [0, 0.05) is 12.0 Å². The molecule has 0 radical (unpaired) electrons. The van der Waals surface area contributed by atoms with E-state index in [1.165, 1.54) is 0 Å². The number of hydrogen-bond acceptors (Lipinski definition) is 4. The van der Waals surface area contributed by atoms with E-state index in [1.54, 1.807) is 6.92 Å². The fourth-order valence-electron chi connectivity index (χ4n) is 2.03. The van der Waals surface area contributed by atoms with Gasteiger partial charge in [-0.25, -0.2) is 4.79 Å². The number of aromatic nitrogens is 1. The monoisotopic (exact) mass is 282 g/mol. The number of aliphatic carboxylic acids is 1. The maximum absolute atomic E-state index is 11.9. The van der Waals surface area contributed by atoms with E-state index in [1.807, 2.05) is 20.8 Å². The van der Waals surface area contributed by atoms with E-state index in [2.05, 4.69) is 10.5 Å². The number of carboxylic acid groups (broad SMARTS) is 1. The van der Waals surface area contributed by atoms with Crippen LogP contribution >= 0.6 is 0 Å².